The van der Waals surface area contributed by atoms with Gasteiger partial charge in [-0.05, 0) is 43.5 Å². The molecule has 0 spiro atoms. The van der Waals surface area contributed by atoms with E-state index in [-0.39, 0.29) is 30.5 Å². The highest BCUT2D eigenvalue weighted by Crippen LogP contribution is 2.24. The normalized spacial score (nSPS) is 15.6. The Bertz CT molecular complexity index is 879. The number of sulfonamides is 1. The molecule has 7 nitrogen and oxygen atoms in total. The highest BCUT2D eigenvalue weighted by molar-refractivity contribution is 14.0. The van der Waals surface area contributed by atoms with Crippen LogP contribution in [-0.4, -0.2) is 38.3 Å². The lowest BCUT2D eigenvalue weighted by molar-refractivity contribution is 0.346. The van der Waals surface area contributed by atoms with E-state index in [1.165, 1.54) is 0 Å². The number of halogens is 1. The van der Waals surface area contributed by atoms with E-state index in [9.17, 15) is 8.42 Å². The largest absolute Gasteiger partial charge is 0.467 e. The van der Waals surface area contributed by atoms with E-state index >= 15 is 0 Å². The van der Waals surface area contributed by atoms with Crippen LogP contribution in [-0.2, 0) is 23.1 Å². The smallest absolute Gasteiger partial charge is 0.243 e. The summed E-state index contributed by atoms with van der Waals surface area (Å²) in [5, 5.41) is 6.37. The second kappa shape index (κ2) is 11.6. The molecule has 0 bridgehead atoms. The van der Waals surface area contributed by atoms with E-state index in [1.807, 2.05) is 31.2 Å². The molecule has 29 heavy (non-hydrogen) atoms. The molecule has 2 N–H and O–H groups in total. The first-order valence-electron chi connectivity index (χ1n) is 9.74. The first kappa shape index (κ1) is 23.7. The molecule has 2 heterocycles. The van der Waals surface area contributed by atoms with Crippen molar-refractivity contribution in [3.05, 3.63) is 54.0 Å². The van der Waals surface area contributed by atoms with Crippen LogP contribution in [0, 0.1) is 0 Å². The van der Waals surface area contributed by atoms with Gasteiger partial charge in [0.2, 0.25) is 10.0 Å². The number of piperidine rings is 1. The van der Waals surface area contributed by atoms with Gasteiger partial charge in [0, 0.05) is 19.6 Å². The average molecular weight is 532 g/mol. The molecular weight excluding hydrogens is 503 g/mol. The summed E-state index contributed by atoms with van der Waals surface area (Å²) in [5.74, 6) is 1.42. The zero-order valence-corrected chi connectivity index (χ0v) is 19.8. The summed E-state index contributed by atoms with van der Waals surface area (Å²) in [6.45, 7) is 4.65. The van der Waals surface area contributed by atoms with Crippen molar-refractivity contribution in [2.45, 2.75) is 44.2 Å². The zero-order valence-electron chi connectivity index (χ0n) is 16.6. The van der Waals surface area contributed by atoms with Gasteiger partial charge in [0.15, 0.2) is 5.96 Å². The summed E-state index contributed by atoms with van der Waals surface area (Å²) in [6.07, 6.45) is 4.55. The van der Waals surface area contributed by atoms with Crippen molar-refractivity contribution in [2.24, 2.45) is 4.99 Å². The highest BCUT2D eigenvalue weighted by Gasteiger charge is 2.27. The second-order valence-corrected chi connectivity index (χ2v) is 8.61. The van der Waals surface area contributed by atoms with Crippen LogP contribution in [0.2, 0.25) is 0 Å². The maximum atomic E-state index is 13.1. The van der Waals surface area contributed by atoms with Gasteiger partial charge in [0.1, 0.15) is 5.76 Å². The predicted molar refractivity (Wildman–Crippen MR) is 125 cm³/mol. The number of hydrogen-bond acceptors (Lipinski definition) is 4. The Balaban J connectivity index is 0.00000300. The monoisotopic (exact) mass is 532 g/mol. The molecule has 0 radical (unpaired) electrons. The third-order valence-electron chi connectivity index (χ3n) is 4.67. The highest BCUT2D eigenvalue weighted by atomic mass is 127. The number of guanidine groups is 1. The molecular formula is C20H29IN4O3S. The molecule has 0 amide bonds. The number of hydrogen-bond donors (Lipinski definition) is 2. The fraction of sp³-hybridized carbons (Fsp3) is 0.450. The fourth-order valence-electron chi connectivity index (χ4n) is 3.22. The summed E-state index contributed by atoms with van der Waals surface area (Å²) in [4.78, 5) is 4.92. The maximum Gasteiger partial charge on any atom is 0.243 e. The molecule has 0 atom stereocenters. The first-order valence-corrected chi connectivity index (χ1v) is 11.2. The van der Waals surface area contributed by atoms with Gasteiger partial charge in [-0.25, -0.2) is 13.4 Å². The van der Waals surface area contributed by atoms with Crippen LogP contribution in [0.5, 0.6) is 0 Å². The Labute approximate surface area is 190 Å². The molecule has 0 aliphatic carbocycles. The van der Waals surface area contributed by atoms with Crippen molar-refractivity contribution in [1.29, 1.82) is 0 Å². The minimum atomic E-state index is -3.49. The number of benzene rings is 1. The third kappa shape index (κ3) is 6.45. The number of rotatable bonds is 7. The van der Waals surface area contributed by atoms with Crippen LogP contribution >= 0.6 is 24.0 Å². The first-order chi connectivity index (χ1) is 13.6. The van der Waals surface area contributed by atoms with Crippen molar-refractivity contribution < 1.29 is 12.8 Å². The Hall–Kier alpha value is -1.59. The molecule has 1 aromatic heterocycles. The van der Waals surface area contributed by atoms with Gasteiger partial charge in [-0.1, -0.05) is 24.6 Å². The summed E-state index contributed by atoms with van der Waals surface area (Å²) in [5.41, 5.74) is 0.697. The van der Waals surface area contributed by atoms with E-state index in [0.29, 0.717) is 42.6 Å². The van der Waals surface area contributed by atoms with Crippen LogP contribution in [0.3, 0.4) is 0 Å². The topological polar surface area (TPSA) is 86.9 Å². The minimum absolute atomic E-state index is 0. The van der Waals surface area contributed by atoms with Gasteiger partial charge >= 0.3 is 0 Å². The van der Waals surface area contributed by atoms with Crippen LogP contribution in [0.15, 0.2) is 57.0 Å². The van der Waals surface area contributed by atoms with Gasteiger partial charge < -0.3 is 15.1 Å². The van der Waals surface area contributed by atoms with Crippen LogP contribution in [0.1, 0.15) is 37.5 Å². The van der Waals surface area contributed by atoms with Crippen molar-refractivity contribution in [3.63, 3.8) is 0 Å². The molecule has 160 valence electrons. The lowest BCUT2D eigenvalue weighted by atomic mass is 10.2. The third-order valence-corrected chi connectivity index (χ3v) is 6.67. The van der Waals surface area contributed by atoms with Crippen molar-refractivity contribution in [1.82, 2.24) is 14.9 Å². The summed E-state index contributed by atoms with van der Waals surface area (Å²) in [6, 6.07) is 10.8. The molecule has 9 heteroatoms. The van der Waals surface area contributed by atoms with E-state index in [1.54, 1.807) is 22.7 Å². The summed E-state index contributed by atoms with van der Waals surface area (Å²) < 4.78 is 33.1. The molecule has 1 aliphatic rings. The standard InChI is InChI=1S/C20H28N4O3S.HI/c1-2-21-20(23-16-18-10-8-14-27-18)22-15-17-9-4-5-11-19(17)28(25,26)24-12-6-3-7-13-24;/h4-5,8-11,14H,2-3,6-7,12-13,15-16H2,1H3,(H2,21,22,23);1H. The number of nitrogens with one attached hydrogen (secondary N) is 2. The predicted octanol–water partition coefficient (Wildman–Crippen LogP) is 3.33. The van der Waals surface area contributed by atoms with Gasteiger partial charge in [-0.3, -0.25) is 0 Å². The van der Waals surface area contributed by atoms with Crippen molar-refractivity contribution in [2.75, 3.05) is 19.6 Å². The zero-order chi connectivity index (χ0) is 19.8. The lowest BCUT2D eigenvalue weighted by Crippen LogP contribution is -2.37. The Morgan fingerprint density at radius 3 is 2.55 bits per heavy atom. The molecule has 1 saturated heterocycles. The molecule has 0 unspecified atom stereocenters. The van der Waals surface area contributed by atoms with Gasteiger partial charge in [0.25, 0.3) is 0 Å². The van der Waals surface area contributed by atoms with Crippen LogP contribution in [0.4, 0.5) is 0 Å². The number of aliphatic imine (C=N–C) groups is 1. The molecule has 1 aromatic carbocycles. The molecule has 1 fully saturated rings. The quantitative estimate of drug-likeness (QED) is 0.325. The van der Waals surface area contributed by atoms with Gasteiger partial charge in [-0.2, -0.15) is 4.31 Å². The molecule has 1 aliphatic heterocycles. The van der Waals surface area contributed by atoms with E-state index in [2.05, 4.69) is 15.6 Å². The molecule has 3 rings (SSSR count). The SMILES string of the molecule is CCNC(=NCc1ccccc1S(=O)(=O)N1CCCCC1)NCc1ccco1.I. The minimum Gasteiger partial charge on any atom is -0.467 e. The van der Waals surface area contributed by atoms with Crippen molar-refractivity contribution >= 4 is 40.0 Å². The second-order valence-electron chi connectivity index (χ2n) is 6.70. The van der Waals surface area contributed by atoms with Gasteiger partial charge in [-0.15, -0.1) is 24.0 Å². The van der Waals surface area contributed by atoms with E-state index in [4.69, 9.17) is 4.42 Å². The average Bonchev–Trinajstić information content (AvgIpc) is 3.24. The van der Waals surface area contributed by atoms with E-state index < -0.39 is 10.0 Å². The Kier molecular flexibility index (Phi) is 9.44. The molecule has 2 aromatic rings. The lowest BCUT2D eigenvalue weighted by Gasteiger charge is -2.26. The van der Waals surface area contributed by atoms with Crippen molar-refractivity contribution in [3.8, 4) is 0 Å². The summed E-state index contributed by atoms with van der Waals surface area (Å²) in [7, 11) is -3.49. The maximum absolute atomic E-state index is 13.1. The molecule has 0 saturated carbocycles. The van der Waals surface area contributed by atoms with Crippen LogP contribution < -0.4 is 10.6 Å². The van der Waals surface area contributed by atoms with Gasteiger partial charge in [0.05, 0.1) is 24.2 Å². The van der Waals surface area contributed by atoms with E-state index in [0.717, 1.165) is 25.0 Å². The number of nitrogens with zero attached hydrogens (tertiary/aromatic N) is 2. The van der Waals surface area contributed by atoms with Crippen LogP contribution in [0.25, 0.3) is 0 Å². The Morgan fingerprint density at radius 1 is 1.10 bits per heavy atom. The fourth-order valence-corrected chi connectivity index (χ4v) is 4.95. The summed E-state index contributed by atoms with van der Waals surface area (Å²) >= 11 is 0. The Morgan fingerprint density at radius 2 is 1.86 bits per heavy atom. The number of furan rings is 1.